The predicted octanol–water partition coefficient (Wildman–Crippen LogP) is 3.77. The Balaban J connectivity index is 1.91. The van der Waals surface area contributed by atoms with E-state index in [4.69, 9.17) is 4.74 Å². The van der Waals surface area contributed by atoms with Crippen LogP contribution in [0.5, 0.6) is 0 Å². The quantitative estimate of drug-likeness (QED) is 0.833. The van der Waals surface area contributed by atoms with Gasteiger partial charge in [-0.3, -0.25) is 0 Å². The topological polar surface area (TPSA) is 29.5 Å². The van der Waals surface area contributed by atoms with Crippen LogP contribution in [-0.4, -0.2) is 24.4 Å². The van der Waals surface area contributed by atoms with Crippen molar-refractivity contribution in [2.24, 2.45) is 28.1 Å². The molecule has 5 unspecified atom stereocenters. The molecule has 2 heteroatoms. The van der Waals surface area contributed by atoms with Gasteiger partial charge >= 0.3 is 0 Å². The molecule has 1 N–H and O–H groups in total. The highest BCUT2D eigenvalue weighted by Gasteiger charge is 2.83. The van der Waals surface area contributed by atoms with E-state index in [9.17, 15) is 5.11 Å². The van der Waals surface area contributed by atoms with Crippen LogP contribution in [0.2, 0.25) is 0 Å². The Morgan fingerprint density at radius 2 is 1.80 bits per heavy atom. The molecule has 0 radical (unpaired) electrons. The Hall–Kier alpha value is -0.0800. The van der Waals surface area contributed by atoms with Crippen LogP contribution in [0.15, 0.2) is 0 Å². The minimum Gasteiger partial charge on any atom is -0.386 e. The first-order valence-electron chi connectivity index (χ1n) is 8.67. The monoisotopic (exact) mass is 278 g/mol. The first-order chi connectivity index (χ1) is 9.45. The molecule has 0 aromatic heterocycles. The number of hydrogen-bond acceptors (Lipinski definition) is 2. The molecule has 0 aromatic rings. The van der Waals surface area contributed by atoms with Gasteiger partial charge in [-0.05, 0) is 42.9 Å². The van der Waals surface area contributed by atoms with Crippen molar-refractivity contribution in [3.63, 3.8) is 0 Å². The summed E-state index contributed by atoms with van der Waals surface area (Å²) in [7, 11) is 1.77. The summed E-state index contributed by atoms with van der Waals surface area (Å²) in [5, 5.41) is 11.9. The molecule has 0 amide bonds. The average molecular weight is 278 g/mol. The summed E-state index contributed by atoms with van der Waals surface area (Å²) in [5.74, 6) is 1.62. The summed E-state index contributed by atoms with van der Waals surface area (Å²) < 4.78 is 5.58. The Labute approximate surface area is 123 Å². The molecule has 4 bridgehead atoms. The van der Waals surface area contributed by atoms with Gasteiger partial charge in [0.2, 0.25) is 0 Å². The highest BCUT2D eigenvalue weighted by Crippen LogP contribution is 2.83. The van der Waals surface area contributed by atoms with Crippen molar-refractivity contribution in [3.8, 4) is 0 Å². The maximum atomic E-state index is 11.9. The van der Waals surface area contributed by atoms with Crippen molar-refractivity contribution in [2.75, 3.05) is 13.7 Å². The molecule has 114 valence electrons. The van der Waals surface area contributed by atoms with Crippen molar-refractivity contribution >= 4 is 0 Å². The molecule has 0 aliphatic heterocycles. The van der Waals surface area contributed by atoms with Crippen molar-refractivity contribution in [3.05, 3.63) is 0 Å². The minimum absolute atomic E-state index is 0.0617. The molecule has 4 rings (SSSR count). The zero-order valence-corrected chi connectivity index (χ0v) is 13.4. The maximum absolute atomic E-state index is 11.9. The molecule has 4 saturated carbocycles. The molecule has 20 heavy (non-hydrogen) atoms. The Morgan fingerprint density at radius 1 is 1.10 bits per heavy atom. The molecular formula is C18H30O2. The molecule has 0 aromatic carbocycles. The summed E-state index contributed by atoms with van der Waals surface area (Å²) in [5.41, 5.74) is -0.0267. The van der Waals surface area contributed by atoms with Crippen LogP contribution in [0.1, 0.15) is 65.2 Å². The van der Waals surface area contributed by atoms with Crippen LogP contribution in [0.25, 0.3) is 0 Å². The first kappa shape index (κ1) is 13.6. The zero-order chi connectivity index (χ0) is 14.2. The normalized spacial score (nSPS) is 55.8. The van der Waals surface area contributed by atoms with E-state index in [1.807, 2.05) is 0 Å². The molecule has 2 nitrogen and oxygen atoms in total. The fraction of sp³-hybridized carbons (Fsp3) is 1.00. The number of aliphatic hydroxyl groups is 1. The second kappa shape index (κ2) is 3.81. The molecule has 4 fully saturated rings. The lowest BCUT2D eigenvalue weighted by Crippen LogP contribution is -2.60. The fourth-order valence-corrected chi connectivity index (χ4v) is 7.92. The third-order valence-electron chi connectivity index (χ3n) is 8.54. The Kier molecular flexibility index (Phi) is 2.59. The van der Waals surface area contributed by atoms with Gasteiger partial charge in [-0.1, -0.05) is 39.5 Å². The van der Waals surface area contributed by atoms with Gasteiger partial charge in [-0.15, -0.1) is 0 Å². The van der Waals surface area contributed by atoms with E-state index < -0.39 is 5.60 Å². The number of ether oxygens (including phenoxy) is 1. The third kappa shape index (κ3) is 1.11. The van der Waals surface area contributed by atoms with Crippen LogP contribution in [-0.2, 0) is 4.74 Å². The maximum Gasteiger partial charge on any atom is 0.0997 e. The standard InChI is InChI=1S/C18H30O2/c1-15-8-6-7-13-11-16(15,2)18(19,12-20-3)17(14(13)15)9-4-5-10-17/h13-14,19H,4-12H2,1-3H3. The van der Waals surface area contributed by atoms with Gasteiger partial charge in [-0.2, -0.15) is 0 Å². The van der Waals surface area contributed by atoms with Crippen LogP contribution < -0.4 is 0 Å². The average Bonchev–Trinajstić information content (AvgIpc) is 2.94. The molecule has 1 spiro atoms. The Bertz CT molecular complexity index is 427. The fourth-order valence-electron chi connectivity index (χ4n) is 7.92. The number of hydrogen-bond donors (Lipinski definition) is 1. The highest BCUT2D eigenvalue weighted by atomic mass is 16.5. The van der Waals surface area contributed by atoms with Crippen molar-refractivity contribution in [2.45, 2.75) is 70.8 Å². The van der Waals surface area contributed by atoms with E-state index in [2.05, 4.69) is 13.8 Å². The second-order valence-corrected chi connectivity index (χ2v) is 8.74. The van der Waals surface area contributed by atoms with E-state index in [1.54, 1.807) is 7.11 Å². The van der Waals surface area contributed by atoms with Crippen molar-refractivity contribution in [1.29, 1.82) is 0 Å². The van der Waals surface area contributed by atoms with Crippen LogP contribution >= 0.6 is 0 Å². The number of methoxy groups -OCH3 is 1. The first-order valence-corrected chi connectivity index (χ1v) is 8.67. The molecular weight excluding hydrogens is 248 g/mol. The van der Waals surface area contributed by atoms with Gasteiger partial charge in [0.05, 0.1) is 12.2 Å². The van der Waals surface area contributed by atoms with E-state index in [-0.39, 0.29) is 10.8 Å². The molecule has 0 heterocycles. The predicted molar refractivity (Wildman–Crippen MR) is 79.4 cm³/mol. The van der Waals surface area contributed by atoms with Crippen molar-refractivity contribution < 1.29 is 9.84 Å². The van der Waals surface area contributed by atoms with Gasteiger partial charge in [0.25, 0.3) is 0 Å². The molecule has 5 atom stereocenters. The van der Waals surface area contributed by atoms with E-state index in [0.29, 0.717) is 12.0 Å². The van der Waals surface area contributed by atoms with Crippen LogP contribution in [0.3, 0.4) is 0 Å². The lowest BCUT2D eigenvalue weighted by molar-refractivity contribution is -0.197. The highest BCUT2D eigenvalue weighted by molar-refractivity contribution is 5.31. The zero-order valence-electron chi connectivity index (χ0n) is 13.4. The minimum atomic E-state index is -0.592. The largest absolute Gasteiger partial charge is 0.386 e. The summed E-state index contributed by atoms with van der Waals surface area (Å²) >= 11 is 0. The van der Waals surface area contributed by atoms with Gasteiger partial charge in [-0.25, -0.2) is 0 Å². The third-order valence-corrected chi connectivity index (χ3v) is 8.54. The van der Waals surface area contributed by atoms with Crippen LogP contribution in [0.4, 0.5) is 0 Å². The van der Waals surface area contributed by atoms with E-state index in [1.165, 1.54) is 51.4 Å². The summed E-state index contributed by atoms with van der Waals surface area (Å²) in [6, 6.07) is 0. The second-order valence-electron chi connectivity index (χ2n) is 8.74. The molecule has 0 saturated heterocycles. The summed E-state index contributed by atoms with van der Waals surface area (Å²) in [6.45, 7) is 5.45. The van der Waals surface area contributed by atoms with Gasteiger partial charge in [0.1, 0.15) is 0 Å². The molecule has 4 aliphatic rings. The van der Waals surface area contributed by atoms with E-state index >= 15 is 0 Å². The molecule has 4 aliphatic carbocycles. The van der Waals surface area contributed by atoms with Crippen molar-refractivity contribution in [1.82, 2.24) is 0 Å². The van der Waals surface area contributed by atoms with Crippen LogP contribution in [0, 0.1) is 28.1 Å². The lowest BCUT2D eigenvalue weighted by atomic mass is 9.55. The summed E-state index contributed by atoms with van der Waals surface area (Å²) in [6.07, 6.45) is 10.4. The van der Waals surface area contributed by atoms with E-state index in [0.717, 1.165) is 11.8 Å². The van der Waals surface area contributed by atoms with Gasteiger partial charge < -0.3 is 9.84 Å². The van der Waals surface area contributed by atoms with Gasteiger partial charge in [0, 0.05) is 17.9 Å². The SMILES string of the molecule is COCC1(O)C2(CCCC2)C2C3CCCC2(C)C1(C)C3. The number of rotatable bonds is 2. The summed E-state index contributed by atoms with van der Waals surface area (Å²) in [4.78, 5) is 0. The Morgan fingerprint density at radius 3 is 2.45 bits per heavy atom. The lowest BCUT2D eigenvalue weighted by Gasteiger charge is -2.54. The smallest absolute Gasteiger partial charge is 0.0997 e. The van der Waals surface area contributed by atoms with Gasteiger partial charge in [0.15, 0.2) is 0 Å².